The number of carbonyl (C=O) groups excluding carboxylic acids is 3. The zero-order chi connectivity index (χ0) is 27.1. The molecule has 1 aliphatic heterocycles. The van der Waals surface area contributed by atoms with Gasteiger partial charge >= 0.3 is 5.97 Å². The number of rotatable bonds is 11. The van der Waals surface area contributed by atoms with Gasteiger partial charge in [0.15, 0.2) is 0 Å². The molecule has 0 bridgehead atoms. The van der Waals surface area contributed by atoms with E-state index in [-0.39, 0.29) is 16.4 Å². The van der Waals surface area contributed by atoms with Gasteiger partial charge in [0, 0.05) is 12.1 Å². The maximum absolute atomic E-state index is 13.2. The zero-order valence-electron chi connectivity index (χ0n) is 21.6. The summed E-state index contributed by atoms with van der Waals surface area (Å²) >= 11 is 6.32. The average molecular weight is 529 g/mol. The van der Waals surface area contributed by atoms with Crippen LogP contribution in [0.15, 0.2) is 48.0 Å². The summed E-state index contributed by atoms with van der Waals surface area (Å²) in [4.78, 5) is 42.1. The van der Waals surface area contributed by atoms with Crippen LogP contribution in [-0.4, -0.2) is 72.5 Å². The number of Topliss-reactive ketones (excluding diaryl/α,β-unsaturated/α-hetero) is 1. The van der Waals surface area contributed by atoms with E-state index in [2.05, 4.69) is 18.7 Å². The standard InChI is InChI=1S/C28H33ClN2O6/c1-5-30(6-2)15-8-16-31-24(18-9-11-19(12-10-18)28(35)36-4)23(26(33)27(31)34)25(32)20-13-14-22(37-7-3)21(29)17-20/h9-14,17,24,32H,5-8,15-16H2,1-4H3/t24-/m0/s1. The van der Waals surface area contributed by atoms with Crippen molar-refractivity contribution >= 4 is 35.0 Å². The number of benzene rings is 2. The molecule has 8 nitrogen and oxygen atoms in total. The van der Waals surface area contributed by atoms with Crippen LogP contribution in [0, 0.1) is 0 Å². The summed E-state index contributed by atoms with van der Waals surface area (Å²) in [5.74, 6) is -1.82. The van der Waals surface area contributed by atoms with Crippen molar-refractivity contribution in [3.63, 3.8) is 0 Å². The summed E-state index contributed by atoms with van der Waals surface area (Å²) in [5, 5.41) is 11.5. The lowest BCUT2D eigenvalue weighted by Crippen LogP contribution is -2.33. The Kier molecular flexibility index (Phi) is 9.72. The second-order valence-electron chi connectivity index (χ2n) is 8.56. The highest BCUT2D eigenvalue weighted by molar-refractivity contribution is 6.46. The van der Waals surface area contributed by atoms with Crippen LogP contribution in [-0.2, 0) is 14.3 Å². The number of ether oxygens (including phenoxy) is 2. The van der Waals surface area contributed by atoms with E-state index in [0.717, 1.165) is 19.6 Å². The van der Waals surface area contributed by atoms with Crippen LogP contribution in [0.5, 0.6) is 5.75 Å². The number of ketones is 1. The van der Waals surface area contributed by atoms with E-state index in [9.17, 15) is 19.5 Å². The van der Waals surface area contributed by atoms with Crippen molar-refractivity contribution in [2.75, 3.05) is 39.9 Å². The van der Waals surface area contributed by atoms with Gasteiger partial charge in [-0.25, -0.2) is 4.79 Å². The van der Waals surface area contributed by atoms with Gasteiger partial charge in [-0.2, -0.15) is 0 Å². The monoisotopic (exact) mass is 528 g/mol. The number of hydrogen-bond donors (Lipinski definition) is 1. The molecular formula is C28H33ClN2O6. The van der Waals surface area contributed by atoms with Crippen LogP contribution in [0.4, 0.5) is 0 Å². The van der Waals surface area contributed by atoms with Crippen molar-refractivity contribution < 1.29 is 29.0 Å². The first kappa shape index (κ1) is 28.2. The molecule has 2 aromatic carbocycles. The number of nitrogens with zero attached hydrogens (tertiary/aromatic N) is 2. The molecule has 0 aromatic heterocycles. The van der Waals surface area contributed by atoms with Gasteiger partial charge in [0.2, 0.25) is 0 Å². The van der Waals surface area contributed by atoms with Crippen molar-refractivity contribution in [2.45, 2.75) is 33.2 Å². The highest BCUT2D eigenvalue weighted by atomic mass is 35.5. The van der Waals surface area contributed by atoms with Gasteiger partial charge in [0.05, 0.1) is 35.9 Å². The summed E-state index contributed by atoms with van der Waals surface area (Å²) in [6.07, 6.45) is 0.653. The Balaban J connectivity index is 2.06. The summed E-state index contributed by atoms with van der Waals surface area (Å²) in [5.41, 5.74) is 1.20. The highest BCUT2D eigenvalue weighted by Gasteiger charge is 2.45. The predicted octanol–water partition coefficient (Wildman–Crippen LogP) is 4.68. The number of aliphatic hydroxyl groups excluding tert-OH is 1. The Morgan fingerprint density at radius 3 is 2.27 bits per heavy atom. The fraction of sp³-hybridized carbons (Fsp3) is 0.393. The number of likely N-dealkylation sites (tertiary alicyclic amines) is 1. The van der Waals surface area contributed by atoms with E-state index in [1.807, 2.05) is 6.92 Å². The van der Waals surface area contributed by atoms with Gasteiger partial charge in [-0.3, -0.25) is 9.59 Å². The summed E-state index contributed by atoms with van der Waals surface area (Å²) in [6.45, 7) is 9.24. The maximum atomic E-state index is 13.2. The van der Waals surface area contributed by atoms with Crippen molar-refractivity contribution in [3.8, 4) is 5.75 Å². The lowest BCUT2D eigenvalue weighted by Gasteiger charge is -2.27. The van der Waals surface area contributed by atoms with E-state index in [1.165, 1.54) is 18.1 Å². The molecule has 3 rings (SSSR count). The van der Waals surface area contributed by atoms with E-state index >= 15 is 0 Å². The summed E-state index contributed by atoms with van der Waals surface area (Å²) in [6, 6.07) is 10.4. The lowest BCUT2D eigenvalue weighted by atomic mass is 9.94. The van der Waals surface area contributed by atoms with Crippen LogP contribution in [0.1, 0.15) is 54.7 Å². The predicted molar refractivity (Wildman–Crippen MR) is 142 cm³/mol. The topological polar surface area (TPSA) is 96.4 Å². The summed E-state index contributed by atoms with van der Waals surface area (Å²) < 4.78 is 10.2. The van der Waals surface area contributed by atoms with E-state index in [0.29, 0.717) is 42.0 Å². The zero-order valence-corrected chi connectivity index (χ0v) is 22.4. The van der Waals surface area contributed by atoms with Gasteiger partial charge in [-0.15, -0.1) is 0 Å². The Morgan fingerprint density at radius 2 is 1.70 bits per heavy atom. The SMILES string of the molecule is CCOc1ccc(C(O)=C2C(=O)C(=O)N(CCCN(CC)CC)[C@H]2c2ccc(C(=O)OC)cc2)cc1Cl. The number of carbonyl (C=O) groups is 3. The Hall–Kier alpha value is -3.36. The van der Waals surface area contributed by atoms with Crippen molar-refractivity contribution in [2.24, 2.45) is 0 Å². The van der Waals surface area contributed by atoms with Crippen LogP contribution in [0.25, 0.3) is 5.76 Å². The van der Waals surface area contributed by atoms with Crippen LogP contribution >= 0.6 is 11.6 Å². The fourth-order valence-corrected chi connectivity index (χ4v) is 4.69. The molecule has 1 fully saturated rings. The third-order valence-corrected chi connectivity index (χ3v) is 6.76. The van der Waals surface area contributed by atoms with Crippen LogP contribution in [0.2, 0.25) is 5.02 Å². The fourth-order valence-electron chi connectivity index (χ4n) is 4.46. The Morgan fingerprint density at radius 1 is 1.05 bits per heavy atom. The first-order chi connectivity index (χ1) is 17.8. The normalized spacial score (nSPS) is 16.9. The van der Waals surface area contributed by atoms with E-state index < -0.39 is 23.7 Å². The molecule has 1 N–H and O–H groups in total. The minimum absolute atomic E-state index is 0.0288. The van der Waals surface area contributed by atoms with Crippen LogP contribution in [0.3, 0.4) is 0 Å². The molecule has 1 amide bonds. The van der Waals surface area contributed by atoms with Gasteiger partial charge < -0.3 is 24.4 Å². The van der Waals surface area contributed by atoms with Gasteiger partial charge in [-0.1, -0.05) is 37.6 Å². The Bertz CT molecular complexity index is 1170. The highest BCUT2D eigenvalue weighted by Crippen LogP contribution is 2.40. The molecular weight excluding hydrogens is 496 g/mol. The largest absolute Gasteiger partial charge is 0.507 e. The first-order valence-electron chi connectivity index (χ1n) is 12.4. The van der Waals surface area contributed by atoms with Gasteiger partial charge in [0.1, 0.15) is 11.5 Å². The lowest BCUT2D eigenvalue weighted by molar-refractivity contribution is -0.140. The van der Waals surface area contributed by atoms with E-state index in [1.54, 1.807) is 36.4 Å². The van der Waals surface area contributed by atoms with E-state index in [4.69, 9.17) is 21.1 Å². The molecule has 0 saturated carbocycles. The number of halogens is 1. The third-order valence-electron chi connectivity index (χ3n) is 6.46. The number of aliphatic hydroxyl groups is 1. The molecule has 0 spiro atoms. The van der Waals surface area contributed by atoms with Crippen molar-refractivity contribution in [1.29, 1.82) is 0 Å². The molecule has 198 valence electrons. The number of methoxy groups -OCH3 is 1. The summed E-state index contributed by atoms with van der Waals surface area (Å²) in [7, 11) is 1.29. The minimum atomic E-state index is -0.825. The number of hydrogen-bond acceptors (Lipinski definition) is 7. The quantitative estimate of drug-likeness (QED) is 0.196. The van der Waals surface area contributed by atoms with Crippen LogP contribution < -0.4 is 4.74 Å². The molecule has 0 unspecified atom stereocenters. The first-order valence-corrected chi connectivity index (χ1v) is 12.8. The molecule has 1 saturated heterocycles. The number of esters is 1. The molecule has 1 heterocycles. The second-order valence-corrected chi connectivity index (χ2v) is 8.97. The minimum Gasteiger partial charge on any atom is -0.507 e. The van der Waals surface area contributed by atoms with Gasteiger partial charge in [0.25, 0.3) is 11.7 Å². The molecule has 0 aliphatic carbocycles. The van der Waals surface area contributed by atoms with Crippen molar-refractivity contribution in [1.82, 2.24) is 9.80 Å². The van der Waals surface area contributed by atoms with Crippen molar-refractivity contribution in [3.05, 3.63) is 69.8 Å². The smallest absolute Gasteiger partial charge is 0.337 e. The molecule has 1 atom stereocenters. The third kappa shape index (κ3) is 6.14. The average Bonchev–Trinajstić information content (AvgIpc) is 3.16. The molecule has 1 aliphatic rings. The molecule has 0 radical (unpaired) electrons. The Labute approximate surface area is 222 Å². The molecule has 9 heteroatoms. The number of amides is 1. The maximum Gasteiger partial charge on any atom is 0.337 e. The second kappa shape index (κ2) is 12.7. The molecule has 2 aromatic rings. The van der Waals surface area contributed by atoms with Gasteiger partial charge in [-0.05, 0) is 68.9 Å². The molecule has 37 heavy (non-hydrogen) atoms.